The highest BCUT2D eigenvalue weighted by Gasteiger charge is 2.34. The fourth-order valence-electron chi connectivity index (χ4n) is 4.19. The zero-order valence-corrected chi connectivity index (χ0v) is 26.5. The third-order valence-corrected chi connectivity index (χ3v) is 9.53. The molecule has 0 aliphatic heterocycles. The zero-order chi connectivity index (χ0) is 30.3. The van der Waals surface area contributed by atoms with Crippen LogP contribution in [-0.4, -0.2) is 43.8 Å². The molecule has 0 bridgehead atoms. The molecule has 11 heteroatoms. The number of carbonyl (C=O) groups excluding carboxylic acids is 2. The minimum Gasteiger partial charge on any atom is -0.352 e. The van der Waals surface area contributed by atoms with E-state index in [0.717, 1.165) is 9.87 Å². The number of carbonyl (C=O) groups is 2. The van der Waals surface area contributed by atoms with E-state index in [0.29, 0.717) is 27.1 Å². The van der Waals surface area contributed by atoms with E-state index >= 15 is 0 Å². The van der Waals surface area contributed by atoms with Crippen LogP contribution < -0.4 is 9.62 Å². The van der Waals surface area contributed by atoms with Crippen LogP contribution in [0.5, 0.6) is 0 Å². The number of aryl methyl sites for hydroxylation is 1. The van der Waals surface area contributed by atoms with Gasteiger partial charge < -0.3 is 10.2 Å². The molecule has 0 fully saturated rings. The van der Waals surface area contributed by atoms with Crippen molar-refractivity contribution >= 4 is 62.3 Å². The van der Waals surface area contributed by atoms with Crippen molar-refractivity contribution < 1.29 is 18.0 Å². The van der Waals surface area contributed by atoms with E-state index < -0.39 is 28.5 Å². The smallest absolute Gasteiger partial charge is 0.264 e. The Labute approximate surface area is 257 Å². The van der Waals surface area contributed by atoms with Gasteiger partial charge in [0.05, 0.1) is 10.6 Å². The quantitative estimate of drug-likeness (QED) is 0.235. The van der Waals surface area contributed by atoms with Gasteiger partial charge in [0, 0.05) is 33.2 Å². The molecule has 0 aliphatic carbocycles. The van der Waals surface area contributed by atoms with Crippen molar-refractivity contribution in [2.75, 3.05) is 10.8 Å². The van der Waals surface area contributed by atoms with E-state index in [4.69, 9.17) is 34.8 Å². The molecule has 2 atom stereocenters. The van der Waals surface area contributed by atoms with Crippen molar-refractivity contribution in [1.29, 1.82) is 0 Å². The number of anilines is 1. The highest BCUT2D eigenvalue weighted by atomic mass is 35.5. The van der Waals surface area contributed by atoms with Gasteiger partial charge in [0.2, 0.25) is 11.8 Å². The SMILES string of the molecule is CC[C@@H](C)NC(=O)[C@@H](CC)N(Cc1c(Cl)cccc1Cl)C(=O)CN(c1ccc(Cl)cc1)S(=O)(=O)c1ccc(C)cc1. The summed E-state index contributed by atoms with van der Waals surface area (Å²) in [6, 6.07) is 16.5. The standard InChI is InChI=1S/C30H34Cl3N3O4S/c1-5-21(4)34-30(38)28(6-2)35(18-25-26(32)8-7-9-27(25)33)29(37)19-36(23-14-12-22(31)13-15-23)41(39,40)24-16-10-20(3)11-17-24/h7-17,21,28H,5-6,18-19H2,1-4H3,(H,34,38)/t21-,28-/m1/s1. The second-order valence-electron chi connectivity index (χ2n) is 9.76. The van der Waals surface area contributed by atoms with E-state index in [1.54, 1.807) is 49.4 Å². The van der Waals surface area contributed by atoms with Crippen LogP contribution in [0.1, 0.15) is 44.7 Å². The number of nitrogens with one attached hydrogen (secondary N) is 1. The average molecular weight is 639 g/mol. The summed E-state index contributed by atoms with van der Waals surface area (Å²) >= 11 is 19.0. The molecule has 0 aliphatic rings. The Morgan fingerprint density at radius 2 is 1.46 bits per heavy atom. The zero-order valence-electron chi connectivity index (χ0n) is 23.4. The van der Waals surface area contributed by atoms with Gasteiger partial charge in [0.15, 0.2) is 0 Å². The molecule has 41 heavy (non-hydrogen) atoms. The number of halogens is 3. The van der Waals surface area contributed by atoms with Gasteiger partial charge in [0.1, 0.15) is 12.6 Å². The van der Waals surface area contributed by atoms with Crippen LogP contribution in [0, 0.1) is 6.92 Å². The number of hydrogen-bond donors (Lipinski definition) is 1. The lowest BCUT2D eigenvalue weighted by Crippen LogP contribution is -2.53. The Morgan fingerprint density at radius 3 is 2.00 bits per heavy atom. The van der Waals surface area contributed by atoms with E-state index in [2.05, 4.69) is 5.32 Å². The summed E-state index contributed by atoms with van der Waals surface area (Å²) in [6.07, 6.45) is 0.980. The molecule has 0 unspecified atom stereocenters. The molecule has 0 saturated carbocycles. The van der Waals surface area contributed by atoms with Crippen molar-refractivity contribution in [3.05, 3.63) is 92.9 Å². The summed E-state index contributed by atoms with van der Waals surface area (Å²) in [6.45, 7) is 6.78. The van der Waals surface area contributed by atoms with Gasteiger partial charge in [-0.2, -0.15) is 0 Å². The summed E-state index contributed by atoms with van der Waals surface area (Å²) in [4.78, 5) is 28.9. The predicted molar refractivity (Wildman–Crippen MR) is 166 cm³/mol. The molecular weight excluding hydrogens is 605 g/mol. The van der Waals surface area contributed by atoms with E-state index in [1.807, 2.05) is 20.8 Å². The van der Waals surface area contributed by atoms with Crippen molar-refractivity contribution in [1.82, 2.24) is 10.2 Å². The number of amides is 2. The van der Waals surface area contributed by atoms with Gasteiger partial charge in [-0.05, 0) is 75.2 Å². The third kappa shape index (κ3) is 8.16. The second-order valence-corrected chi connectivity index (χ2v) is 12.9. The summed E-state index contributed by atoms with van der Waals surface area (Å²) in [5.41, 5.74) is 1.59. The normalized spacial score (nSPS) is 12.9. The first kappa shape index (κ1) is 32.7. The van der Waals surface area contributed by atoms with Crippen LogP contribution >= 0.6 is 34.8 Å². The molecular formula is C30H34Cl3N3O4S. The highest BCUT2D eigenvalue weighted by molar-refractivity contribution is 7.92. The number of sulfonamides is 1. The molecule has 0 spiro atoms. The lowest BCUT2D eigenvalue weighted by molar-refractivity contribution is -0.140. The molecule has 2 amide bonds. The van der Waals surface area contributed by atoms with Crippen molar-refractivity contribution in [3.63, 3.8) is 0 Å². The van der Waals surface area contributed by atoms with Gasteiger partial charge in [-0.15, -0.1) is 0 Å². The van der Waals surface area contributed by atoms with Crippen LogP contribution in [0.3, 0.4) is 0 Å². The van der Waals surface area contributed by atoms with Crippen LogP contribution in [0.25, 0.3) is 0 Å². The summed E-state index contributed by atoms with van der Waals surface area (Å²) in [7, 11) is -4.19. The van der Waals surface area contributed by atoms with E-state index in [-0.39, 0.29) is 35.5 Å². The molecule has 7 nitrogen and oxygen atoms in total. The van der Waals surface area contributed by atoms with Crippen molar-refractivity contribution in [2.45, 2.75) is 64.1 Å². The second kappa shape index (κ2) is 14.4. The Morgan fingerprint density at radius 1 is 0.878 bits per heavy atom. The van der Waals surface area contributed by atoms with Crippen LogP contribution in [-0.2, 0) is 26.2 Å². The van der Waals surface area contributed by atoms with Crippen LogP contribution in [0.15, 0.2) is 71.6 Å². The van der Waals surface area contributed by atoms with Crippen molar-refractivity contribution in [3.8, 4) is 0 Å². The summed E-state index contributed by atoms with van der Waals surface area (Å²) < 4.78 is 28.8. The number of hydrogen-bond acceptors (Lipinski definition) is 4. The fraction of sp³-hybridized carbons (Fsp3) is 0.333. The van der Waals surface area contributed by atoms with Crippen LogP contribution in [0.2, 0.25) is 15.1 Å². The molecule has 0 saturated heterocycles. The maximum absolute atomic E-state index is 14.1. The topological polar surface area (TPSA) is 86.8 Å². The van der Waals surface area contributed by atoms with E-state index in [1.165, 1.54) is 29.2 Å². The molecule has 3 rings (SSSR count). The van der Waals surface area contributed by atoms with Crippen LogP contribution in [0.4, 0.5) is 5.69 Å². The first-order valence-corrected chi connectivity index (χ1v) is 15.8. The lowest BCUT2D eigenvalue weighted by Gasteiger charge is -2.34. The minimum atomic E-state index is -4.19. The monoisotopic (exact) mass is 637 g/mol. The first-order chi connectivity index (χ1) is 19.4. The minimum absolute atomic E-state index is 0.0214. The fourth-order valence-corrected chi connectivity index (χ4v) is 6.25. The third-order valence-electron chi connectivity index (χ3n) is 6.78. The number of benzene rings is 3. The molecule has 0 radical (unpaired) electrons. The molecule has 0 heterocycles. The summed E-state index contributed by atoms with van der Waals surface area (Å²) in [5, 5.41) is 4.01. The average Bonchev–Trinajstić information content (AvgIpc) is 2.93. The maximum Gasteiger partial charge on any atom is 0.264 e. The predicted octanol–water partition coefficient (Wildman–Crippen LogP) is 6.87. The molecule has 220 valence electrons. The van der Waals surface area contributed by atoms with Crippen molar-refractivity contribution in [2.24, 2.45) is 0 Å². The largest absolute Gasteiger partial charge is 0.352 e. The summed E-state index contributed by atoms with van der Waals surface area (Å²) in [5.74, 6) is -0.949. The Kier molecular flexibility index (Phi) is 11.5. The highest BCUT2D eigenvalue weighted by Crippen LogP contribution is 2.29. The first-order valence-electron chi connectivity index (χ1n) is 13.3. The lowest BCUT2D eigenvalue weighted by atomic mass is 10.1. The maximum atomic E-state index is 14.1. The molecule has 3 aromatic rings. The molecule has 3 aromatic carbocycles. The van der Waals surface area contributed by atoms with Gasteiger partial charge in [-0.25, -0.2) is 8.42 Å². The van der Waals surface area contributed by atoms with Gasteiger partial charge >= 0.3 is 0 Å². The number of nitrogens with zero attached hydrogens (tertiary/aromatic N) is 2. The Hall–Kier alpha value is -2.78. The van der Waals surface area contributed by atoms with Gasteiger partial charge in [0.25, 0.3) is 10.0 Å². The van der Waals surface area contributed by atoms with E-state index in [9.17, 15) is 18.0 Å². The van der Waals surface area contributed by atoms with Gasteiger partial charge in [-0.1, -0.05) is 72.4 Å². The molecule has 0 aromatic heterocycles. The molecule has 1 N–H and O–H groups in total. The Balaban J connectivity index is 2.09. The number of rotatable bonds is 12. The van der Waals surface area contributed by atoms with Gasteiger partial charge in [-0.3, -0.25) is 13.9 Å². The Bertz CT molecular complexity index is 1450.